The second-order valence-corrected chi connectivity index (χ2v) is 2.66. The Bertz CT molecular complexity index is 138. The van der Waals surface area contributed by atoms with Crippen LogP contribution in [0.25, 0.3) is 0 Å². The molecule has 2 rings (SSSR count). The van der Waals surface area contributed by atoms with Crippen LogP contribution >= 0.6 is 0 Å². The third-order valence-electron chi connectivity index (χ3n) is 1.81. The van der Waals surface area contributed by atoms with Crippen molar-refractivity contribution in [1.29, 1.82) is 0 Å². The summed E-state index contributed by atoms with van der Waals surface area (Å²) in [4.78, 5) is 11.9. The first kappa shape index (κ1) is 5.44. The minimum atomic E-state index is 0.180. The first-order valence-corrected chi connectivity index (χ1v) is 3.01. The highest BCUT2D eigenvalue weighted by atomic mass is 16.6. The summed E-state index contributed by atoms with van der Waals surface area (Å²) < 4.78 is 5.13. The van der Waals surface area contributed by atoms with Gasteiger partial charge < -0.3 is 14.3 Å². The van der Waals surface area contributed by atoms with Crippen LogP contribution in [0, 0.1) is 0 Å². The van der Waals surface area contributed by atoms with E-state index in [9.17, 15) is 4.79 Å². The van der Waals surface area contributed by atoms with Gasteiger partial charge in [-0.25, -0.2) is 0 Å². The van der Waals surface area contributed by atoms with Gasteiger partial charge in [-0.2, -0.15) is 0 Å². The lowest BCUT2D eigenvalue weighted by Crippen LogP contribution is -2.55. The van der Waals surface area contributed by atoms with Crippen LogP contribution in [-0.4, -0.2) is 43.7 Å². The SMILES string of the molecule is O=C[B]N1CC2(CO2)C1. The van der Waals surface area contributed by atoms with Crippen LogP contribution < -0.4 is 0 Å². The lowest BCUT2D eigenvalue weighted by Gasteiger charge is -2.35. The number of hydrogen-bond donors (Lipinski definition) is 0. The summed E-state index contributed by atoms with van der Waals surface area (Å²) in [6.07, 6.45) is 0.815. The molecule has 0 N–H and O–H groups in total. The maximum Gasteiger partial charge on any atom is 0.293 e. The van der Waals surface area contributed by atoms with Crippen LogP contribution in [0.4, 0.5) is 0 Å². The molecule has 0 aromatic rings. The summed E-state index contributed by atoms with van der Waals surface area (Å²) >= 11 is 0. The molecule has 2 saturated heterocycles. The smallest absolute Gasteiger partial charge is 0.293 e. The van der Waals surface area contributed by atoms with Gasteiger partial charge in [0.1, 0.15) is 5.60 Å². The van der Waals surface area contributed by atoms with Crippen molar-refractivity contribution in [3.8, 4) is 0 Å². The maximum absolute atomic E-state index is 9.90. The molecular formula is C5H7BNO2. The van der Waals surface area contributed by atoms with Crippen molar-refractivity contribution in [2.75, 3.05) is 19.7 Å². The fraction of sp³-hybridized carbons (Fsp3) is 0.800. The maximum atomic E-state index is 9.90. The Balaban J connectivity index is 1.77. The molecule has 2 fully saturated rings. The molecule has 0 atom stereocenters. The summed E-state index contributed by atoms with van der Waals surface area (Å²) in [5.74, 6) is 0. The Kier molecular flexibility index (Phi) is 0.954. The first-order valence-electron chi connectivity index (χ1n) is 3.01. The van der Waals surface area contributed by atoms with Crippen LogP contribution in [-0.2, 0) is 9.53 Å². The van der Waals surface area contributed by atoms with E-state index in [0.717, 1.165) is 25.9 Å². The Morgan fingerprint density at radius 2 is 2.33 bits per heavy atom. The zero-order valence-electron chi connectivity index (χ0n) is 5.04. The molecule has 4 heteroatoms. The van der Waals surface area contributed by atoms with Crippen molar-refractivity contribution < 1.29 is 9.53 Å². The Morgan fingerprint density at radius 3 is 2.78 bits per heavy atom. The third-order valence-corrected chi connectivity index (χ3v) is 1.81. The van der Waals surface area contributed by atoms with Gasteiger partial charge in [-0.15, -0.1) is 0 Å². The Morgan fingerprint density at radius 1 is 1.67 bits per heavy atom. The normalized spacial score (nSPS) is 29.3. The molecule has 1 spiro atoms. The van der Waals surface area contributed by atoms with E-state index in [1.165, 1.54) is 0 Å². The molecule has 0 saturated carbocycles. The van der Waals surface area contributed by atoms with Crippen LogP contribution in [0.5, 0.6) is 0 Å². The monoisotopic (exact) mass is 124 g/mol. The molecule has 0 unspecified atom stereocenters. The van der Waals surface area contributed by atoms with Crippen molar-refractivity contribution in [3.63, 3.8) is 0 Å². The van der Waals surface area contributed by atoms with Gasteiger partial charge in [0.05, 0.1) is 12.8 Å². The van der Waals surface area contributed by atoms with Crippen LogP contribution in [0.1, 0.15) is 0 Å². The van der Waals surface area contributed by atoms with Gasteiger partial charge in [0, 0.05) is 13.1 Å². The molecule has 0 amide bonds. The second-order valence-electron chi connectivity index (χ2n) is 2.66. The molecule has 0 aromatic heterocycles. The molecule has 47 valence electrons. The minimum absolute atomic E-state index is 0.180. The first-order chi connectivity index (χ1) is 4.35. The Hall–Kier alpha value is -0.345. The summed E-state index contributed by atoms with van der Waals surface area (Å²) in [6.45, 7) is 2.70. The van der Waals surface area contributed by atoms with Gasteiger partial charge in [0.2, 0.25) is 0 Å². The predicted octanol–water partition coefficient (Wildman–Crippen LogP) is -1.12. The number of rotatable bonds is 2. The number of hydrogen-bond acceptors (Lipinski definition) is 3. The highest BCUT2D eigenvalue weighted by Gasteiger charge is 2.54. The lowest BCUT2D eigenvalue weighted by atomic mass is 9.85. The largest absolute Gasteiger partial charge is 0.367 e. The molecule has 1 radical (unpaired) electrons. The van der Waals surface area contributed by atoms with E-state index in [1.807, 2.05) is 4.81 Å². The van der Waals surface area contributed by atoms with Gasteiger partial charge >= 0.3 is 0 Å². The van der Waals surface area contributed by atoms with E-state index in [0.29, 0.717) is 0 Å². The molecule has 3 nitrogen and oxygen atoms in total. The van der Waals surface area contributed by atoms with Gasteiger partial charge in [-0.05, 0) is 0 Å². The van der Waals surface area contributed by atoms with Crippen LogP contribution in [0.2, 0.25) is 0 Å². The number of carbonyl (C=O) groups is 1. The summed E-state index contributed by atoms with van der Waals surface area (Å²) in [5, 5.41) is 0. The lowest BCUT2D eigenvalue weighted by molar-refractivity contribution is 0.137. The zero-order valence-corrected chi connectivity index (χ0v) is 5.04. The van der Waals surface area contributed by atoms with E-state index < -0.39 is 0 Å². The van der Waals surface area contributed by atoms with Gasteiger partial charge in [0.25, 0.3) is 7.41 Å². The average molecular weight is 124 g/mol. The van der Waals surface area contributed by atoms with Crippen molar-refractivity contribution in [3.05, 3.63) is 0 Å². The molecule has 0 bridgehead atoms. The zero-order chi connectivity index (χ0) is 6.32. The number of ether oxygens (including phenoxy) is 1. The highest BCUT2D eigenvalue weighted by molar-refractivity contribution is 6.64. The third kappa shape index (κ3) is 0.785. The minimum Gasteiger partial charge on any atom is -0.367 e. The van der Waals surface area contributed by atoms with E-state index in [-0.39, 0.29) is 5.60 Å². The summed E-state index contributed by atoms with van der Waals surface area (Å²) in [6, 6.07) is 0. The van der Waals surface area contributed by atoms with Crippen molar-refractivity contribution in [2.24, 2.45) is 0 Å². The number of carbonyl (C=O) groups excluding carboxylic acids is 1. The number of epoxide rings is 1. The summed E-state index contributed by atoms with van der Waals surface area (Å²) in [5.41, 5.74) is 0.180. The second kappa shape index (κ2) is 1.58. The van der Waals surface area contributed by atoms with E-state index in [4.69, 9.17) is 4.74 Å². The van der Waals surface area contributed by atoms with E-state index >= 15 is 0 Å². The molecule has 9 heavy (non-hydrogen) atoms. The van der Waals surface area contributed by atoms with E-state index in [1.54, 1.807) is 7.41 Å². The molecule has 0 aliphatic carbocycles. The van der Waals surface area contributed by atoms with E-state index in [2.05, 4.69) is 0 Å². The molecule has 2 aliphatic heterocycles. The highest BCUT2D eigenvalue weighted by Crippen LogP contribution is 2.35. The molecule has 0 aromatic carbocycles. The van der Waals surface area contributed by atoms with Crippen LogP contribution in [0.15, 0.2) is 0 Å². The van der Waals surface area contributed by atoms with Gasteiger partial charge in [-0.3, -0.25) is 0 Å². The average Bonchev–Trinajstić information content (AvgIpc) is 2.45. The van der Waals surface area contributed by atoms with Gasteiger partial charge in [-0.1, -0.05) is 0 Å². The van der Waals surface area contributed by atoms with Crippen LogP contribution in [0.3, 0.4) is 0 Å². The van der Waals surface area contributed by atoms with Crippen molar-refractivity contribution in [2.45, 2.75) is 5.60 Å². The molecule has 2 aliphatic rings. The van der Waals surface area contributed by atoms with Gasteiger partial charge in [0.15, 0.2) is 0 Å². The standard InChI is InChI=1S/C5H7BNO2/c8-4-6-7-1-5(2-7)3-9-5/h4H,1-3H2. The van der Waals surface area contributed by atoms with Crippen molar-refractivity contribution >= 4 is 13.6 Å². The van der Waals surface area contributed by atoms with Crippen molar-refractivity contribution in [1.82, 2.24) is 4.81 Å². The molecule has 2 heterocycles. The fourth-order valence-electron chi connectivity index (χ4n) is 1.17. The quantitative estimate of drug-likeness (QED) is 0.265. The number of nitrogens with zero attached hydrogens (tertiary/aromatic N) is 1. The summed E-state index contributed by atoms with van der Waals surface area (Å²) in [7, 11) is 1.56. The predicted molar refractivity (Wildman–Crippen MR) is 32.8 cm³/mol. The molecular weight excluding hydrogens is 117 g/mol. The Labute approximate surface area is 54.2 Å². The topological polar surface area (TPSA) is 32.8 Å². The fourth-order valence-corrected chi connectivity index (χ4v) is 1.17.